The number of hydrogen-bond donors (Lipinski definition) is 0. The first-order chi connectivity index (χ1) is 10.8. The van der Waals surface area contributed by atoms with E-state index in [1.54, 1.807) is 0 Å². The molecule has 2 aliphatic rings. The molecule has 0 amide bonds. The molecule has 1 saturated heterocycles. The molecule has 1 aliphatic carbocycles. The third-order valence-corrected chi connectivity index (χ3v) is 8.38. The molecule has 0 N–H and O–H groups in total. The Bertz CT molecular complexity index is 613. The van der Waals surface area contributed by atoms with Gasteiger partial charge in [-0.25, -0.2) is 0 Å². The number of nitrogens with zero attached hydrogens (tertiary/aromatic N) is 2. The molecule has 0 radical (unpaired) electrons. The van der Waals surface area contributed by atoms with Gasteiger partial charge in [-0.3, -0.25) is 4.79 Å². The first-order valence-electron chi connectivity index (χ1n) is 9.18. The van der Waals surface area contributed by atoms with E-state index in [4.69, 9.17) is 5.10 Å². The van der Waals surface area contributed by atoms with Crippen LogP contribution < -0.4 is 0 Å². The largest absolute Gasteiger partial charge is 0.324 e. The van der Waals surface area contributed by atoms with Crippen LogP contribution in [0.25, 0.3) is 0 Å². The van der Waals surface area contributed by atoms with E-state index < -0.39 is 8.24 Å². The van der Waals surface area contributed by atoms with Crippen molar-refractivity contribution < 1.29 is 4.79 Å². The van der Waals surface area contributed by atoms with Gasteiger partial charge in [-0.05, 0) is 34.9 Å². The van der Waals surface area contributed by atoms with Crippen LogP contribution in [-0.4, -0.2) is 30.9 Å². The van der Waals surface area contributed by atoms with Gasteiger partial charge < -0.3 is 4.67 Å². The van der Waals surface area contributed by atoms with Crippen LogP contribution in [0.3, 0.4) is 0 Å². The molecule has 1 aliphatic heterocycles. The van der Waals surface area contributed by atoms with Crippen LogP contribution in [0.5, 0.6) is 0 Å². The van der Waals surface area contributed by atoms with Crippen molar-refractivity contribution in [2.75, 3.05) is 6.54 Å². The van der Waals surface area contributed by atoms with Crippen LogP contribution in [0.4, 0.5) is 0 Å². The van der Waals surface area contributed by atoms with Crippen molar-refractivity contribution in [1.82, 2.24) is 4.67 Å². The second-order valence-corrected chi connectivity index (χ2v) is 14.5. The normalized spacial score (nSPS) is 24.1. The number of ketones is 1. The van der Waals surface area contributed by atoms with Crippen LogP contribution in [-0.2, 0) is 4.79 Å². The molecule has 0 bridgehead atoms. The minimum absolute atomic E-state index is 0.00676. The number of carbonyl (C=O) groups excluding carboxylic acids is 1. The van der Waals surface area contributed by atoms with Crippen molar-refractivity contribution in [3.8, 4) is 0 Å². The number of rotatable bonds is 1. The van der Waals surface area contributed by atoms with Gasteiger partial charge in [0, 0.05) is 12.1 Å². The molecule has 0 aromatic carbocycles. The number of allylic oxidation sites excluding steroid dienone is 4. The Morgan fingerprint density at radius 3 is 2.12 bits per heavy atom. The van der Waals surface area contributed by atoms with E-state index in [2.05, 4.69) is 65.4 Å². The summed E-state index contributed by atoms with van der Waals surface area (Å²) in [6, 6.07) is 1.26. The molecular weight excluding hydrogens is 312 g/mol. The monoisotopic (exact) mass is 346 g/mol. The molecule has 0 saturated carbocycles. The summed E-state index contributed by atoms with van der Waals surface area (Å²) in [5.74, 6) is 0.103. The molecule has 4 heteroatoms. The summed E-state index contributed by atoms with van der Waals surface area (Å²) in [7, 11) is -1.52. The fourth-order valence-corrected chi connectivity index (χ4v) is 5.76. The highest BCUT2D eigenvalue weighted by Crippen LogP contribution is 2.36. The van der Waals surface area contributed by atoms with E-state index in [-0.39, 0.29) is 16.6 Å². The van der Waals surface area contributed by atoms with Crippen molar-refractivity contribution in [3.63, 3.8) is 0 Å². The molecule has 1 heterocycles. The zero-order valence-corrected chi connectivity index (χ0v) is 17.8. The standard InChI is InChI=1S/C20H34N2OSi/c1-19(2,3)15-13-16(20(4,5)6)18(23)17(14-15)21-22-11-9-10-12-24(22,7)8/h13-14H,9-12H2,1-8H3. The average molecular weight is 347 g/mol. The molecule has 0 unspecified atom stereocenters. The van der Waals surface area contributed by atoms with Gasteiger partial charge in [0.25, 0.3) is 0 Å². The molecule has 1 fully saturated rings. The van der Waals surface area contributed by atoms with Crippen LogP contribution >= 0.6 is 0 Å². The molecule has 134 valence electrons. The Labute approximate surface area is 149 Å². The summed E-state index contributed by atoms with van der Waals surface area (Å²) in [6.45, 7) is 18.6. The van der Waals surface area contributed by atoms with E-state index >= 15 is 0 Å². The van der Waals surface area contributed by atoms with E-state index in [1.165, 1.54) is 24.5 Å². The number of carbonyl (C=O) groups is 1. The minimum atomic E-state index is -1.52. The Kier molecular flexibility index (Phi) is 5.02. The van der Waals surface area contributed by atoms with Crippen LogP contribution in [0.1, 0.15) is 54.4 Å². The lowest BCUT2D eigenvalue weighted by atomic mass is 9.74. The predicted octanol–water partition coefficient (Wildman–Crippen LogP) is 5.17. The Morgan fingerprint density at radius 2 is 1.62 bits per heavy atom. The van der Waals surface area contributed by atoms with Gasteiger partial charge >= 0.3 is 0 Å². The van der Waals surface area contributed by atoms with Gasteiger partial charge in [-0.2, -0.15) is 5.10 Å². The van der Waals surface area contributed by atoms with E-state index in [0.29, 0.717) is 5.71 Å². The fraction of sp³-hybridized carbons (Fsp3) is 0.700. The molecule has 3 nitrogen and oxygen atoms in total. The zero-order valence-electron chi connectivity index (χ0n) is 16.8. The van der Waals surface area contributed by atoms with Crippen LogP contribution in [0.15, 0.2) is 28.4 Å². The van der Waals surface area contributed by atoms with Crippen LogP contribution in [0.2, 0.25) is 19.1 Å². The number of hydrazone groups is 1. The van der Waals surface area contributed by atoms with Gasteiger partial charge in [0.05, 0.1) is 0 Å². The van der Waals surface area contributed by atoms with Gasteiger partial charge in [-0.15, -0.1) is 0 Å². The van der Waals surface area contributed by atoms with Gasteiger partial charge in [0.2, 0.25) is 5.78 Å². The second kappa shape index (κ2) is 6.29. The zero-order chi connectivity index (χ0) is 18.3. The molecule has 2 rings (SSSR count). The van der Waals surface area contributed by atoms with Crippen molar-refractivity contribution in [2.24, 2.45) is 15.9 Å². The number of hydrogen-bond acceptors (Lipinski definition) is 3. The highest BCUT2D eigenvalue weighted by Gasteiger charge is 2.35. The lowest BCUT2D eigenvalue weighted by molar-refractivity contribution is -0.110. The van der Waals surface area contributed by atoms with E-state index in [1.807, 2.05) is 6.08 Å². The van der Waals surface area contributed by atoms with E-state index in [0.717, 1.165) is 12.1 Å². The van der Waals surface area contributed by atoms with Gasteiger partial charge in [0.15, 0.2) is 8.24 Å². The predicted molar refractivity (Wildman–Crippen MR) is 106 cm³/mol. The smallest absolute Gasteiger partial charge is 0.209 e. The Hall–Kier alpha value is -1.16. The summed E-state index contributed by atoms with van der Waals surface area (Å²) in [6.07, 6.45) is 6.60. The molecular formula is C20H34N2OSi. The van der Waals surface area contributed by atoms with Crippen molar-refractivity contribution in [3.05, 3.63) is 23.3 Å². The maximum Gasteiger partial charge on any atom is 0.209 e. The highest BCUT2D eigenvalue weighted by molar-refractivity contribution is 6.74. The first-order valence-corrected chi connectivity index (χ1v) is 12.3. The van der Waals surface area contributed by atoms with Crippen molar-refractivity contribution in [2.45, 2.75) is 73.5 Å². The lowest BCUT2D eigenvalue weighted by Gasteiger charge is -2.39. The summed E-state index contributed by atoms with van der Waals surface area (Å²) in [5.41, 5.74) is 2.55. The van der Waals surface area contributed by atoms with Crippen molar-refractivity contribution in [1.29, 1.82) is 0 Å². The third-order valence-electron chi connectivity index (χ3n) is 5.08. The molecule has 0 aromatic heterocycles. The molecule has 0 aromatic rings. The number of Topliss-reactive ketones (excluding diaryl/α,β-unsaturated/α-hetero) is 1. The molecule has 24 heavy (non-hydrogen) atoms. The maximum absolute atomic E-state index is 13.1. The minimum Gasteiger partial charge on any atom is -0.324 e. The Morgan fingerprint density at radius 1 is 1.00 bits per heavy atom. The maximum atomic E-state index is 13.1. The summed E-state index contributed by atoms with van der Waals surface area (Å²) < 4.78 is 2.27. The molecule has 0 atom stereocenters. The summed E-state index contributed by atoms with van der Waals surface area (Å²) >= 11 is 0. The van der Waals surface area contributed by atoms with Crippen molar-refractivity contribution >= 4 is 19.7 Å². The average Bonchev–Trinajstić information content (AvgIpc) is 2.40. The van der Waals surface area contributed by atoms with Crippen LogP contribution in [0, 0.1) is 10.8 Å². The summed E-state index contributed by atoms with van der Waals surface area (Å²) in [5, 5.41) is 4.90. The quantitative estimate of drug-likeness (QED) is 0.484. The third kappa shape index (κ3) is 4.08. The summed E-state index contributed by atoms with van der Waals surface area (Å²) in [4.78, 5) is 13.1. The Balaban J connectivity index is 2.49. The lowest BCUT2D eigenvalue weighted by Crippen LogP contribution is -2.49. The fourth-order valence-electron chi connectivity index (χ4n) is 3.24. The van der Waals surface area contributed by atoms with Gasteiger partial charge in [0.1, 0.15) is 5.71 Å². The molecule has 0 spiro atoms. The topological polar surface area (TPSA) is 32.7 Å². The second-order valence-electron chi connectivity index (χ2n) is 9.86. The highest BCUT2D eigenvalue weighted by atomic mass is 28.3. The van der Waals surface area contributed by atoms with E-state index in [9.17, 15) is 4.79 Å². The first kappa shape index (κ1) is 19.2. The van der Waals surface area contributed by atoms with Gasteiger partial charge in [-0.1, -0.05) is 67.1 Å². The SMILES string of the molecule is CC(C)(C)C1=CC(=NN2CCCC[Si]2(C)C)C(=O)C(C(C)(C)C)=C1.